The van der Waals surface area contributed by atoms with E-state index in [2.05, 4.69) is 97.8 Å². The van der Waals surface area contributed by atoms with Crippen LogP contribution in [0.1, 0.15) is 48.5 Å². The van der Waals surface area contributed by atoms with Crippen molar-refractivity contribution in [3.8, 4) is 11.5 Å². The molecule has 23 heavy (non-hydrogen) atoms. The van der Waals surface area contributed by atoms with Crippen LogP contribution < -0.4 is 0 Å². The van der Waals surface area contributed by atoms with Crippen LogP contribution in [0.15, 0.2) is 23.8 Å². The van der Waals surface area contributed by atoms with Crippen LogP contribution >= 0.6 is 0 Å². The molecule has 0 aliphatic heterocycles. The van der Waals surface area contributed by atoms with Crippen molar-refractivity contribution in [1.82, 2.24) is 0 Å². The molecule has 0 heterocycles. The highest BCUT2D eigenvalue weighted by Crippen LogP contribution is 2.42. The molecule has 0 amide bonds. The van der Waals surface area contributed by atoms with E-state index >= 15 is 0 Å². The summed E-state index contributed by atoms with van der Waals surface area (Å²) in [6.07, 6.45) is 6.32. The Bertz CT molecular complexity index is 446. The van der Waals surface area contributed by atoms with Crippen molar-refractivity contribution in [3.05, 3.63) is 23.8 Å². The Hall–Kier alpha value is -0.566. The van der Waals surface area contributed by atoms with Crippen LogP contribution in [0.3, 0.4) is 0 Å². The first-order valence-electron chi connectivity index (χ1n) is 8.94. The molecular weight excluding hydrogens is 312 g/mol. The fourth-order valence-electron chi connectivity index (χ4n) is 3.29. The molecule has 0 fully saturated rings. The molecular formula is C20H38OSi2. The highest BCUT2D eigenvalue weighted by molar-refractivity contribution is 6.83. The van der Waals surface area contributed by atoms with Gasteiger partial charge in [-0.05, 0) is 29.1 Å². The van der Waals surface area contributed by atoms with Gasteiger partial charge in [-0.1, -0.05) is 85.3 Å². The molecule has 132 valence electrons. The minimum absolute atomic E-state index is 0.635. The first kappa shape index (κ1) is 22.4. The molecule has 0 radical (unpaired) electrons. The van der Waals surface area contributed by atoms with E-state index in [0.29, 0.717) is 23.2 Å². The van der Waals surface area contributed by atoms with E-state index in [-0.39, 0.29) is 0 Å². The summed E-state index contributed by atoms with van der Waals surface area (Å²) in [5.41, 5.74) is 6.43. The van der Waals surface area contributed by atoms with Crippen LogP contribution in [0.2, 0.25) is 36.3 Å². The largest absolute Gasteiger partial charge is 0.412 e. The second-order valence-corrected chi connectivity index (χ2v) is 18.6. The summed E-state index contributed by atoms with van der Waals surface area (Å²) in [7, 11) is -3.02. The number of hydrogen-bond acceptors (Lipinski definition) is 1. The van der Waals surface area contributed by atoms with Gasteiger partial charge in [-0.2, -0.15) is 0 Å². The maximum atomic E-state index is 6.50. The second-order valence-electron chi connectivity index (χ2n) is 8.41. The standard InChI is InChI=1S/C20H38OSi2/c1-17(2)23(18(3)4,19(5)6)21-15-12-11-13-20(7)14-16-22(8,9)10/h11-13,17-19H,15H2,1-10H3/b12-11+,20-13-. The third-order valence-corrected chi connectivity index (χ3v) is 11.2. The maximum absolute atomic E-state index is 6.50. The Balaban J connectivity index is 4.81. The SMILES string of the molecule is C/C(C#C[Si](C)(C)C)=C/C=C/CO[Si](C(C)C)(C(C)C)C(C)C. The molecule has 0 atom stereocenters. The predicted octanol–water partition coefficient (Wildman–Crippen LogP) is 6.56. The normalized spacial score (nSPS) is 14.0. The van der Waals surface area contributed by atoms with E-state index in [1.54, 1.807) is 0 Å². The minimum Gasteiger partial charge on any atom is -0.412 e. The second kappa shape index (κ2) is 9.66. The Morgan fingerprint density at radius 2 is 1.43 bits per heavy atom. The van der Waals surface area contributed by atoms with Crippen molar-refractivity contribution in [2.75, 3.05) is 6.61 Å². The molecule has 0 aromatic carbocycles. The maximum Gasteiger partial charge on any atom is 0.200 e. The zero-order valence-electron chi connectivity index (χ0n) is 17.1. The highest BCUT2D eigenvalue weighted by Gasteiger charge is 2.44. The van der Waals surface area contributed by atoms with Gasteiger partial charge in [0.1, 0.15) is 8.07 Å². The van der Waals surface area contributed by atoms with Crippen molar-refractivity contribution in [1.29, 1.82) is 0 Å². The summed E-state index contributed by atoms with van der Waals surface area (Å²) in [5, 5.41) is 0. The van der Waals surface area contributed by atoms with E-state index in [9.17, 15) is 0 Å². The van der Waals surface area contributed by atoms with Gasteiger partial charge in [0, 0.05) is 0 Å². The molecule has 0 aliphatic carbocycles. The lowest BCUT2D eigenvalue weighted by Gasteiger charge is -2.41. The fourth-order valence-corrected chi connectivity index (χ4v) is 9.25. The zero-order chi connectivity index (χ0) is 18.3. The van der Waals surface area contributed by atoms with Crippen LogP contribution in [-0.2, 0) is 4.43 Å². The lowest BCUT2D eigenvalue weighted by molar-refractivity contribution is 0.316. The molecule has 0 saturated heterocycles. The third kappa shape index (κ3) is 7.70. The van der Waals surface area contributed by atoms with E-state index in [4.69, 9.17) is 4.43 Å². The van der Waals surface area contributed by atoms with Crippen molar-refractivity contribution in [3.63, 3.8) is 0 Å². The molecule has 0 aromatic heterocycles. The Kier molecular flexibility index (Phi) is 9.42. The summed E-state index contributed by atoms with van der Waals surface area (Å²) in [4.78, 5) is 0. The van der Waals surface area contributed by atoms with Gasteiger partial charge in [0.15, 0.2) is 0 Å². The molecule has 0 unspecified atom stereocenters. The van der Waals surface area contributed by atoms with E-state index < -0.39 is 16.4 Å². The average Bonchev–Trinajstić information content (AvgIpc) is 2.38. The van der Waals surface area contributed by atoms with Crippen molar-refractivity contribution < 1.29 is 4.43 Å². The monoisotopic (exact) mass is 350 g/mol. The van der Waals surface area contributed by atoms with Gasteiger partial charge in [-0.25, -0.2) is 0 Å². The van der Waals surface area contributed by atoms with Gasteiger partial charge in [0.05, 0.1) is 6.61 Å². The minimum atomic E-state index is -1.74. The lowest BCUT2D eigenvalue weighted by atomic mass is 10.3. The molecule has 0 rings (SSSR count). The quantitative estimate of drug-likeness (QED) is 0.287. The molecule has 3 heteroatoms. The summed E-state index contributed by atoms with van der Waals surface area (Å²) in [6, 6.07) is 0. The Labute approximate surface area is 147 Å². The van der Waals surface area contributed by atoms with Crippen molar-refractivity contribution in [2.24, 2.45) is 0 Å². The fraction of sp³-hybridized carbons (Fsp3) is 0.700. The molecule has 0 N–H and O–H groups in total. The number of allylic oxidation sites excluding steroid dienone is 3. The van der Waals surface area contributed by atoms with Crippen LogP contribution in [0, 0.1) is 11.5 Å². The smallest absolute Gasteiger partial charge is 0.200 e. The lowest BCUT2D eigenvalue weighted by Crippen LogP contribution is -2.47. The highest BCUT2D eigenvalue weighted by atomic mass is 28.4. The van der Waals surface area contributed by atoms with Gasteiger partial charge in [-0.15, -0.1) is 5.54 Å². The Morgan fingerprint density at radius 1 is 0.957 bits per heavy atom. The van der Waals surface area contributed by atoms with Gasteiger partial charge in [-0.3, -0.25) is 0 Å². The predicted molar refractivity (Wildman–Crippen MR) is 111 cm³/mol. The topological polar surface area (TPSA) is 9.23 Å². The summed E-state index contributed by atoms with van der Waals surface area (Å²) in [6.45, 7) is 23.5. The molecule has 0 aliphatic rings. The molecule has 1 nitrogen and oxygen atoms in total. The van der Waals surface area contributed by atoms with Crippen molar-refractivity contribution >= 4 is 16.4 Å². The summed E-state index contributed by atoms with van der Waals surface area (Å²) in [5.74, 6) is 3.27. The van der Waals surface area contributed by atoms with Crippen LogP contribution in [0.25, 0.3) is 0 Å². The summed E-state index contributed by atoms with van der Waals surface area (Å²) >= 11 is 0. The first-order valence-corrected chi connectivity index (χ1v) is 14.6. The third-order valence-electron chi connectivity index (χ3n) is 4.25. The molecule has 0 aromatic rings. The van der Waals surface area contributed by atoms with E-state index in [0.717, 1.165) is 5.57 Å². The van der Waals surface area contributed by atoms with Crippen LogP contribution in [0.5, 0.6) is 0 Å². The first-order chi connectivity index (χ1) is 10.4. The average molecular weight is 351 g/mol. The molecule has 0 bridgehead atoms. The molecule has 0 spiro atoms. The van der Waals surface area contributed by atoms with Crippen molar-refractivity contribution in [2.45, 2.75) is 84.7 Å². The summed E-state index contributed by atoms with van der Waals surface area (Å²) < 4.78 is 6.50. The van der Waals surface area contributed by atoms with Crippen LogP contribution in [0.4, 0.5) is 0 Å². The van der Waals surface area contributed by atoms with Gasteiger partial charge >= 0.3 is 0 Å². The Morgan fingerprint density at radius 3 is 1.83 bits per heavy atom. The van der Waals surface area contributed by atoms with E-state index in [1.807, 2.05) is 0 Å². The van der Waals surface area contributed by atoms with Gasteiger partial charge in [0.2, 0.25) is 8.32 Å². The number of rotatable bonds is 7. The zero-order valence-corrected chi connectivity index (χ0v) is 19.1. The van der Waals surface area contributed by atoms with Gasteiger partial charge < -0.3 is 4.43 Å². The molecule has 0 saturated carbocycles. The number of hydrogen-bond donors (Lipinski definition) is 0. The van der Waals surface area contributed by atoms with Crippen LogP contribution in [-0.4, -0.2) is 23.0 Å². The van der Waals surface area contributed by atoms with E-state index in [1.165, 1.54) is 0 Å². The van der Waals surface area contributed by atoms with Gasteiger partial charge in [0.25, 0.3) is 0 Å².